The number of ether oxygens (including phenoxy) is 2. The van der Waals surface area contributed by atoms with Gasteiger partial charge in [0.25, 0.3) is 0 Å². The van der Waals surface area contributed by atoms with Crippen molar-refractivity contribution in [2.24, 2.45) is 5.92 Å². The van der Waals surface area contributed by atoms with E-state index in [0.717, 1.165) is 26.2 Å². The second kappa shape index (κ2) is 5.81. The zero-order chi connectivity index (χ0) is 13.0. The van der Waals surface area contributed by atoms with Crippen LogP contribution in [0, 0.1) is 5.92 Å². The number of anilines is 2. The number of rotatable bonds is 5. The van der Waals surface area contributed by atoms with Crippen LogP contribution in [-0.2, 0) is 4.74 Å². The third kappa shape index (κ3) is 3.69. The van der Waals surface area contributed by atoms with Gasteiger partial charge in [0, 0.05) is 19.1 Å². The Labute approximate surface area is 106 Å². The van der Waals surface area contributed by atoms with Crippen LogP contribution >= 0.6 is 0 Å². The molecule has 2 rings (SSSR count). The molecule has 1 saturated heterocycles. The summed E-state index contributed by atoms with van der Waals surface area (Å²) in [7, 11) is 0. The van der Waals surface area contributed by atoms with E-state index in [1.54, 1.807) is 0 Å². The first kappa shape index (κ1) is 12.8. The smallest absolute Gasteiger partial charge is 0.323 e. The van der Waals surface area contributed by atoms with Crippen LogP contribution in [0.5, 0.6) is 6.01 Å². The third-order valence-corrected chi connectivity index (χ3v) is 2.55. The highest BCUT2D eigenvalue weighted by molar-refractivity contribution is 5.32. The molecule has 1 unspecified atom stereocenters. The zero-order valence-corrected chi connectivity index (χ0v) is 10.7. The molecule has 7 nitrogen and oxygen atoms in total. The fourth-order valence-electron chi connectivity index (χ4n) is 1.69. The maximum absolute atomic E-state index is 5.61. The van der Waals surface area contributed by atoms with E-state index in [4.69, 9.17) is 15.2 Å². The summed E-state index contributed by atoms with van der Waals surface area (Å²) in [5, 5.41) is 3.14. The minimum absolute atomic E-state index is 0.00267. The van der Waals surface area contributed by atoms with Gasteiger partial charge < -0.3 is 20.5 Å². The Bertz CT molecular complexity index is 393. The maximum Gasteiger partial charge on any atom is 0.323 e. The highest BCUT2D eigenvalue weighted by atomic mass is 16.5. The van der Waals surface area contributed by atoms with E-state index in [1.807, 2.05) is 13.8 Å². The summed E-state index contributed by atoms with van der Waals surface area (Å²) >= 11 is 0. The number of nitrogens with two attached hydrogens (primary N) is 1. The van der Waals surface area contributed by atoms with Crippen molar-refractivity contribution in [1.82, 2.24) is 15.0 Å². The van der Waals surface area contributed by atoms with Crippen LogP contribution in [0.15, 0.2) is 0 Å². The van der Waals surface area contributed by atoms with Gasteiger partial charge in [-0.25, -0.2) is 0 Å². The highest BCUT2D eigenvalue weighted by Crippen LogP contribution is 2.14. The Morgan fingerprint density at radius 2 is 2.28 bits per heavy atom. The minimum Gasteiger partial charge on any atom is -0.461 e. The molecule has 18 heavy (non-hydrogen) atoms. The van der Waals surface area contributed by atoms with Gasteiger partial charge in [0.05, 0.1) is 12.7 Å². The fourth-order valence-corrected chi connectivity index (χ4v) is 1.69. The SMILES string of the molecule is CC(C)Oc1nc(N)nc(NCC2CCOC2)n1. The molecule has 1 fully saturated rings. The van der Waals surface area contributed by atoms with Crippen LogP contribution < -0.4 is 15.8 Å². The topological polar surface area (TPSA) is 95.2 Å². The number of nitrogen functional groups attached to an aromatic ring is 1. The summed E-state index contributed by atoms with van der Waals surface area (Å²) in [6, 6.07) is 0.252. The average Bonchev–Trinajstić information content (AvgIpc) is 2.77. The first-order chi connectivity index (χ1) is 8.63. The average molecular weight is 253 g/mol. The standard InChI is InChI=1S/C11H19N5O2/c1-7(2)18-11-15-9(12)14-10(16-11)13-5-8-3-4-17-6-8/h7-8H,3-6H2,1-2H3,(H3,12,13,14,15,16). The van der Waals surface area contributed by atoms with E-state index in [9.17, 15) is 0 Å². The second-order valence-electron chi connectivity index (χ2n) is 4.58. The van der Waals surface area contributed by atoms with Crippen molar-refractivity contribution in [3.8, 4) is 6.01 Å². The summed E-state index contributed by atoms with van der Waals surface area (Å²) in [4.78, 5) is 12.1. The molecule has 7 heteroatoms. The van der Waals surface area contributed by atoms with E-state index in [1.165, 1.54) is 0 Å². The van der Waals surface area contributed by atoms with Gasteiger partial charge in [0.15, 0.2) is 0 Å². The van der Waals surface area contributed by atoms with Gasteiger partial charge in [-0.05, 0) is 20.3 Å². The lowest BCUT2D eigenvalue weighted by Gasteiger charge is -2.11. The quantitative estimate of drug-likeness (QED) is 0.797. The van der Waals surface area contributed by atoms with Gasteiger partial charge in [0.2, 0.25) is 11.9 Å². The number of hydrogen-bond donors (Lipinski definition) is 2. The Hall–Kier alpha value is -1.63. The van der Waals surface area contributed by atoms with Crippen LogP contribution in [0.4, 0.5) is 11.9 Å². The molecule has 1 atom stereocenters. The second-order valence-corrected chi connectivity index (χ2v) is 4.58. The molecule has 0 spiro atoms. The van der Waals surface area contributed by atoms with Gasteiger partial charge in [0.1, 0.15) is 0 Å². The summed E-state index contributed by atoms with van der Waals surface area (Å²) in [6.07, 6.45) is 1.06. The molecule has 2 heterocycles. The van der Waals surface area contributed by atoms with E-state index in [0.29, 0.717) is 11.9 Å². The molecule has 1 aromatic heterocycles. The monoisotopic (exact) mass is 253 g/mol. The summed E-state index contributed by atoms with van der Waals surface area (Å²) in [6.45, 7) is 6.19. The molecule has 1 aromatic rings. The van der Waals surface area contributed by atoms with Gasteiger partial charge in [-0.15, -0.1) is 0 Å². The number of nitrogens with one attached hydrogen (secondary N) is 1. The molecule has 100 valence electrons. The maximum atomic E-state index is 5.61. The predicted molar refractivity (Wildman–Crippen MR) is 67.4 cm³/mol. The van der Waals surface area contributed by atoms with Crippen molar-refractivity contribution < 1.29 is 9.47 Å². The van der Waals surface area contributed by atoms with E-state index in [-0.39, 0.29) is 18.1 Å². The molecule has 1 aliphatic rings. The largest absolute Gasteiger partial charge is 0.461 e. The molecule has 0 aromatic carbocycles. The zero-order valence-electron chi connectivity index (χ0n) is 10.7. The number of nitrogens with zero attached hydrogens (tertiary/aromatic N) is 3. The first-order valence-electron chi connectivity index (χ1n) is 6.13. The third-order valence-electron chi connectivity index (χ3n) is 2.55. The van der Waals surface area contributed by atoms with Gasteiger partial charge in [-0.3, -0.25) is 0 Å². The van der Waals surface area contributed by atoms with Crippen molar-refractivity contribution in [2.75, 3.05) is 30.8 Å². The molecule has 0 saturated carbocycles. The Morgan fingerprint density at radius 1 is 1.44 bits per heavy atom. The Kier molecular flexibility index (Phi) is 4.14. The predicted octanol–water partition coefficient (Wildman–Crippen LogP) is 0.689. The van der Waals surface area contributed by atoms with Crippen LogP contribution in [0.3, 0.4) is 0 Å². The van der Waals surface area contributed by atoms with Gasteiger partial charge in [-0.1, -0.05) is 0 Å². The lowest BCUT2D eigenvalue weighted by atomic mass is 10.1. The molecular weight excluding hydrogens is 234 g/mol. The van der Waals surface area contributed by atoms with E-state index >= 15 is 0 Å². The van der Waals surface area contributed by atoms with Crippen molar-refractivity contribution >= 4 is 11.9 Å². The molecule has 1 aliphatic heterocycles. The van der Waals surface area contributed by atoms with Crippen LogP contribution in [-0.4, -0.2) is 40.8 Å². The first-order valence-corrected chi connectivity index (χ1v) is 6.13. The van der Waals surface area contributed by atoms with E-state index in [2.05, 4.69) is 20.3 Å². The molecule has 0 bridgehead atoms. The van der Waals surface area contributed by atoms with Crippen molar-refractivity contribution in [3.05, 3.63) is 0 Å². The van der Waals surface area contributed by atoms with Crippen LogP contribution in [0.1, 0.15) is 20.3 Å². The summed E-state index contributed by atoms with van der Waals surface area (Å²) in [5.41, 5.74) is 5.61. The Morgan fingerprint density at radius 3 is 2.94 bits per heavy atom. The number of hydrogen-bond acceptors (Lipinski definition) is 7. The fraction of sp³-hybridized carbons (Fsp3) is 0.727. The molecule has 0 radical (unpaired) electrons. The van der Waals surface area contributed by atoms with E-state index < -0.39 is 0 Å². The van der Waals surface area contributed by atoms with Crippen molar-refractivity contribution in [3.63, 3.8) is 0 Å². The highest BCUT2D eigenvalue weighted by Gasteiger charge is 2.16. The van der Waals surface area contributed by atoms with Crippen molar-refractivity contribution in [2.45, 2.75) is 26.4 Å². The summed E-state index contributed by atoms with van der Waals surface area (Å²) in [5.74, 6) is 1.10. The minimum atomic E-state index is 0.00267. The molecule has 0 amide bonds. The van der Waals surface area contributed by atoms with Crippen molar-refractivity contribution in [1.29, 1.82) is 0 Å². The molecule has 3 N–H and O–H groups in total. The number of aromatic nitrogens is 3. The van der Waals surface area contributed by atoms with Crippen LogP contribution in [0.2, 0.25) is 0 Å². The lowest BCUT2D eigenvalue weighted by Crippen LogP contribution is -2.17. The lowest BCUT2D eigenvalue weighted by molar-refractivity contribution is 0.187. The van der Waals surface area contributed by atoms with Gasteiger partial charge >= 0.3 is 6.01 Å². The molecule has 0 aliphatic carbocycles. The normalized spacial score (nSPS) is 19.2. The Balaban J connectivity index is 1.96. The molecular formula is C11H19N5O2. The summed E-state index contributed by atoms with van der Waals surface area (Å²) < 4.78 is 10.7. The van der Waals surface area contributed by atoms with Crippen LogP contribution in [0.25, 0.3) is 0 Å². The van der Waals surface area contributed by atoms with Gasteiger partial charge in [-0.2, -0.15) is 15.0 Å².